The Balaban J connectivity index is 2.07. The second kappa shape index (κ2) is 3.84. The molecule has 16 heavy (non-hydrogen) atoms. The first kappa shape index (κ1) is 10.5. The second-order valence-electron chi connectivity index (χ2n) is 3.92. The third-order valence-corrected chi connectivity index (χ3v) is 2.65. The minimum absolute atomic E-state index is 0.127. The Morgan fingerprint density at radius 2 is 2.19 bits per heavy atom. The summed E-state index contributed by atoms with van der Waals surface area (Å²) in [5, 5.41) is 9.31. The molecule has 2 atom stereocenters. The monoisotopic (exact) mass is 219 g/mol. The van der Waals surface area contributed by atoms with Crippen LogP contribution in [0.3, 0.4) is 0 Å². The van der Waals surface area contributed by atoms with Gasteiger partial charge in [-0.25, -0.2) is 0 Å². The summed E-state index contributed by atoms with van der Waals surface area (Å²) in [6.45, 7) is 0. The molecule has 2 rings (SSSR count). The molecule has 1 aliphatic carbocycles. The number of aromatic hydroxyl groups is 1. The quantitative estimate of drug-likeness (QED) is 0.491. The molecule has 5 heteroatoms. The number of guanidine groups is 1. The average Bonchev–Trinajstić information content (AvgIpc) is 2.95. The summed E-state index contributed by atoms with van der Waals surface area (Å²) >= 11 is 0. The number of carbonyl (C=O) groups excluding carboxylic acids is 1. The third-order valence-electron chi connectivity index (χ3n) is 2.65. The van der Waals surface area contributed by atoms with Crippen LogP contribution in [0.25, 0.3) is 0 Å². The Morgan fingerprint density at radius 3 is 2.81 bits per heavy atom. The largest absolute Gasteiger partial charge is 0.508 e. The molecule has 0 heterocycles. The van der Waals surface area contributed by atoms with Crippen LogP contribution in [0, 0.1) is 5.92 Å². The van der Waals surface area contributed by atoms with E-state index in [9.17, 15) is 9.90 Å². The first-order chi connectivity index (χ1) is 7.58. The number of phenols is 1. The van der Waals surface area contributed by atoms with Crippen molar-refractivity contribution in [1.29, 1.82) is 0 Å². The minimum Gasteiger partial charge on any atom is -0.508 e. The maximum Gasteiger partial charge on any atom is 0.252 e. The highest BCUT2D eigenvalue weighted by Gasteiger charge is 2.44. The number of nitrogens with two attached hydrogens (primary N) is 2. The molecule has 0 aromatic heterocycles. The predicted molar refractivity (Wildman–Crippen MR) is 59.8 cm³/mol. The highest BCUT2D eigenvalue weighted by molar-refractivity contribution is 5.94. The van der Waals surface area contributed by atoms with Gasteiger partial charge in [0.1, 0.15) is 5.75 Å². The van der Waals surface area contributed by atoms with Crippen molar-refractivity contribution in [1.82, 2.24) is 0 Å². The fourth-order valence-corrected chi connectivity index (χ4v) is 1.80. The van der Waals surface area contributed by atoms with Crippen molar-refractivity contribution in [2.75, 3.05) is 0 Å². The van der Waals surface area contributed by atoms with Crippen LogP contribution in [-0.4, -0.2) is 17.0 Å². The van der Waals surface area contributed by atoms with Crippen LogP contribution in [0.1, 0.15) is 17.9 Å². The van der Waals surface area contributed by atoms with E-state index in [0.717, 1.165) is 12.0 Å². The molecule has 0 bridgehead atoms. The van der Waals surface area contributed by atoms with Gasteiger partial charge in [-0.05, 0) is 30.0 Å². The number of aliphatic imine (C=N–C) groups is 1. The number of nitrogens with zero attached hydrogens (tertiary/aromatic N) is 1. The highest BCUT2D eigenvalue weighted by Crippen LogP contribution is 2.48. The molecule has 1 amide bonds. The fraction of sp³-hybridized carbons (Fsp3) is 0.273. The summed E-state index contributed by atoms with van der Waals surface area (Å²) in [5.41, 5.74) is 11.2. The van der Waals surface area contributed by atoms with Crippen molar-refractivity contribution < 1.29 is 9.90 Å². The first-order valence-electron chi connectivity index (χ1n) is 5.00. The zero-order valence-electron chi connectivity index (χ0n) is 8.63. The average molecular weight is 219 g/mol. The van der Waals surface area contributed by atoms with Crippen molar-refractivity contribution in [3.05, 3.63) is 29.8 Å². The zero-order valence-corrected chi connectivity index (χ0v) is 8.63. The van der Waals surface area contributed by atoms with Gasteiger partial charge in [-0.3, -0.25) is 4.79 Å². The standard InChI is InChI=1S/C11H13N3O2/c12-11(13)14-10(16)9-5-8(9)6-2-1-3-7(15)4-6/h1-4,8-9,15H,5H2,(H4,12,13,14,16). The summed E-state index contributed by atoms with van der Waals surface area (Å²) < 4.78 is 0. The lowest BCUT2D eigenvalue weighted by Gasteiger charge is -1.99. The second-order valence-corrected chi connectivity index (χ2v) is 3.92. The number of benzene rings is 1. The van der Waals surface area contributed by atoms with E-state index >= 15 is 0 Å². The van der Waals surface area contributed by atoms with Crippen molar-refractivity contribution in [3.63, 3.8) is 0 Å². The van der Waals surface area contributed by atoms with Gasteiger partial charge in [0.15, 0.2) is 5.96 Å². The summed E-state index contributed by atoms with van der Waals surface area (Å²) in [4.78, 5) is 15.0. The van der Waals surface area contributed by atoms with Gasteiger partial charge in [0.2, 0.25) is 0 Å². The van der Waals surface area contributed by atoms with Crippen LogP contribution >= 0.6 is 0 Å². The summed E-state index contributed by atoms with van der Waals surface area (Å²) in [5.74, 6) is -0.302. The first-order valence-corrected chi connectivity index (χ1v) is 5.00. The molecule has 2 unspecified atom stereocenters. The molecule has 84 valence electrons. The fourth-order valence-electron chi connectivity index (χ4n) is 1.80. The Kier molecular flexibility index (Phi) is 2.52. The van der Waals surface area contributed by atoms with Crippen molar-refractivity contribution in [3.8, 4) is 5.75 Å². The van der Waals surface area contributed by atoms with E-state index in [4.69, 9.17) is 11.5 Å². The number of amides is 1. The lowest BCUT2D eigenvalue weighted by molar-refractivity contribution is -0.119. The van der Waals surface area contributed by atoms with Crippen LogP contribution in [0.15, 0.2) is 29.3 Å². The van der Waals surface area contributed by atoms with E-state index in [1.807, 2.05) is 6.07 Å². The molecule has 1 aromatic carbocycles. The van der Waals surface area contributed by atoms with E-state index < -0.39 is 0 Å². The highest BCUT2D eigenvalue weighted by atomic mass is 16.3. The normalized spacial score (nSPS) is 22.5. The van der Waals surface area contributed by atoms with E-state index in [2.05, 4.69) is 4.99 Å². The number of hydrogen-bond donors (Lipinski definition) is 3. The summed E-state index contributed by atoms with van der Waals surface area (Å²) in [6, 6.07) is 6.89. The Hall–Kier alpha value is -2.04. The maximum absolute atomic E-state index is 11.5. The molecule has 0 spiro atoms. The molecule has 0 aliphatic heterocycles. The lowest BCUT2D eigenvalue weighted by Crippen LogP contribution is -2.24. The van der Waals surface area contributed by atoms with Crippen molar-refractivity contribution in [2.45, 2.75) is 12.3 Å². The van der Waals surface area contributed by atoms with Gasteiger partial charge in [-0.15, -0.1) is 0 Å². The molecule has 0 saturated heterocycles. The molecular weight excluding hydrogens is 206 g/mol. The van der Waals surface area contributed by atoms with Crippen molar-refractivity contribution >= 4 is 11.9 Å². The summed E-state index contributed by atoms with van der Waals surface area (Å²) in [6.07, 6.45) is 0.735. The van der Waals surface area contributed by atoms with Crippen LogP contribution in [0.4, 0.5) is 0 Å². The van der Waals surface area contributed by atoms with Gasteiger partial charge in [-0.1, -0.05) is 12.1 Å². The van der Waals surface area contributed by atoms with E-state index in [-0.39, 0.29) is 29.5 Å². The molecule has 1 aliphatic rings. The maximum atomic E-state index is 11.5. The Morgan fingerprint density at radius 1 is 1.44 bits per heavy atom. The Bertz CT molecular complexity index is 452. The SMILES string of the molecule is NC(N)=NC(=O)C1CC1c1cccc(O)c1. The molecule has 1 aromatic rings. The lowest BCUT2D eigenvalue weighted by atomic mass is 10.1. The van der Waals surface area contributed by atoms with Gasteiger partial charge in [0, 0.05) is 5.92 Å². The van der Waals surface area contributed by atoms with Gasteiger partial charge in [0.25, 0.3) is 5.91 Å². The van der Waals surface area contributed by atoms with E-state index in [0.29, 0.717) is 0 Å². The predicted octanol–water partition coefficient (Wildman–Crippen LogP) is 0.296. The number of phenolic OH excluding ortho intramolecular Hbond substituents is 1. The van der Waals surface area contributed by atoms with Crippen LogP contribution in [0.5, 0.6) is 5.75 Å². The van der Waals surface area contributed by atoms with Crippen molar-refractivity contribution in [2.24, 2.45) is 22.4 Å². The van der Waals surface area contributed by atoms with Gasteiger partial charge >= 0.3 is 0 Å². The molecule has 5 N–H and O–H groups in total. The summed E-state index contributed by atoms with van der Waals surface area (Å²) in [7, 11) is 0. The van der Waals surface area contributed by atoms with Gasteiger partial charge in [-0.2, -0.15) is 4.99 Å². The van der Waals surface area contributed by atoms with Crippen LogP contribution < -0.4 is 11.5 Å². The zero-order chi connectivity index (χ0) is 11.7. The Labute approximate surface area is 92.8 Å². The smallest absolute Gasteiger partial charge is 0.252 e. The number of rotatable bonds is 2. The van der Waals surface area contributed by atoms with Crippen LogP contribution in [-0.2, 0) is 4.79 Å². The molecular formula is C11H13N3O2. The molecule has 1 saturated carbocycles. The van der Waals surface area contributed by atoms with E-state index in [1.165, 1.54) is 0 Å². The topological polar surface area (TPSA) is 102 Å². The van der Waals surface area contributed by atoms with Gasteiger partial charge in [0.05, 0.1) is 0 Å². The van der Waals surface area contributed by atoms with Gasteiger partial charge < -0.3 is 16.6 Å². The molecule has 5 nitrogen and oxygen atoms in total. The molecule has 1 fully saturated rings. The minimum atomic E-state index is -0.284. The van der Waals surface area contributed by atoms with E-state index in [1.54, 1.807) is 18.2 Å². The molecule has 0 radical (unpaired) electrons. The number of hydrogen-bond acceptors (Lipinski definition) is 2. The number of carbonyl (C=O) groups is 1. The third kappa shape index (κ3) is 2.13. The van der Waals surface area contributed by atoms with Crippen LogP contribution in [0.2, 0.25) is 0 Å².